The quantitative estimate of drug-likeness (QED) is 0.496. The van der Waals surface area contributed by atoms with Crippen LogP contribution in [-0.4, -0.2) is 20.5 Å². The monoisotopic (exact) mass is 389 g/mol. The smallest absolute Gasteiger partial charge is 0.464 e. The van der Waals surface area contributed by atoms with Gasteiger partial charge in [-0.25, -0.2) is 0 Å². The lowest BCUT2D eigenvalue weighted by Gasteiger charge is -2.05. The Balaban J connectivity index is 1.59. The van der Waals surface area contributed by atoms with Crippen LogP contribution in [-0.2, 0) is 12.7 Å². The van der Waals surface area contributed by atoms with Gasteiger partial charge in [-0.15, -0.1) is 10.2 Å². The maximum absolute atomic E-state index is 12.5. The van der Waals surface area contributed by atoms with Crippen molar-refractivity contribution in [2.75, 3.05) is 0 Å². The number of carbonyl (C=O) groups excluding carboxylic acids is 1. The minimum atomic E-state index is -4.78. The fraction of sp³-hybridized carbons (Fsp3) is 0.111. The molecule has 0 bridgehead atoms. The van der Waals surface area contributed by atoms with Gasteiger partial charge < -0.3 is 13.4 Å². The van der Waals surface area contributed by atoms with Crippen LogP contribution < -0.4 is 5.56 Å². The van der Waals surface area contributed by atoms with Gasteiger partial charge in [0.15, 0.2) is 5.78 Å². The molecule has 0 N–H and O–H groups in total. The molecular weight excluding hydrogens is 379 g/mol. The van der Waals surface area contributed by atoms with E-state index in [9.17, 15) is 22.8 Å². The number of benzene rings is 1. The molecule has 0 unspecified atom stereocenters. The molecule has 0 atom stereocenters. The summed E-state index contributed by atoms with van der Waals surface area (Å²) in [6.45, 7) is -0.264. The first kappa shape index (κ1) is 17.7. The van der Waals surface area contributed by atoms with Crippen LogP contribution in [0.1, 0.15) is 16.2 Å². The first-order chi connectivity index (χ1) is 13.3. The van der Waals surface area contributed by atoms with Crippen molar-refractivity contribution < 1.29 is 26.8 Å². The summed E-state index contributed by atoms with van der Waals surface area (Å²) < 4.78 is 48.6. The van der Waals surface area contributed by atoms with E-state index in [1.807, 2.05) is 0 Å². The van der Waals surface area contributed by atoms with Crippen LogP contribution >= 0.6 is 0 Å². The molecule has 4 aromatic rings. The molecule has 0 aliphatic heterocycles. The van der Waals surface area contributed by atoms with E-state index in [-0.39, 0.29) is 17.9 Å². The lowest BCUT2D eigenvalue weighted by molar-refractivity contribution is -0.156. The number of para-hydroxylation sites is 1. The number of alkyl halides is 3. The third-order valence-corrected chi connectivity index (χ3v) is 4.01. The predicted octanol–water partition coefficient (Wildman–Crippen LogP) is 3.55. The molecule has 0 spiro atoms. The van der Waals surface area contributed by atoms with Crippen LogP contribution in [0.3, 0.4) is 0 Å². The first-order valence-corrected chi connectivity index (χ1v) is 7.94. The Morgan fingerprint density at radius 1 is 1.14 bits per heavy atom. The summed E-state index contributed by atoms with van der Waals surface area (Å²) in [6, 6.07) is 9.31. The molecular formula is C18H10F3N3O4. The highest BCUT2D eigenvalue weighted by molar-refractivity contribution is 6.06. The Morgan fingerprint density at radius 3 is 2.64 bits per heavy atom. The average Bonchev–Trinajstić information content (AvgIpc) is 3.30. The zero-order valence-corrected chi connectivity index (χ0v) is 13.9. The van der Waals surface area contributed by atoms with E-state index in [4.69, 9.17) is 4.42 Å². The van der Waals surface area contributed by atoms with E-state index in [2.05, 4.69) is 14.6 Å². The number of aromatic nitrogens is 3. The maximum Gasteiger partial charge on any atom is 0.470 e. The van der Waals surface area contributed by atoms with Crippen molar-refractivity contribution in [1.29, 1.82) is 0 Å². The Morgan fingerprint density at radius 2 is 1.93 bits per heavy atom. The second-order valence-electron chi connectivity index (χ2n) is 5.86. The number of pyridine rings is 1. The van der Waals surface area contributed by atoms with Gasteiger partial charge in [0.25, 0.3) is 5.56 Å². The average molecular weight is 389 g/mol. The molecule has 0 aliphatic rings. The van der Waals surface area contributed by atoms with Crippen LogP contribution in [0.15, 0.2) is 62.5 Å². The van der Waals surface area contributed by atoms with Crippen LogP contribution in [0.25, 0.3) is 22.4 Å². The predicted molar refractivity (Wildman–Crippen MR) is 89.5 cm³/mol. The topological polar surface area (TPSA) is 91.1 Å². The van der Waals surface area contributed by atoms with E-state index >= 15 is 0 Å². The van der Waals surface area contributed by atoms with Gasteiger partial charge >= 0.3 is 12.1 Å². The van der Waals surface area contributed by atoms with Crippen LogP contribution in [0.5, 0.6) is 0 Å². The van der Waals surface area contributed by atoms with Crippen molar-refractivity contribution in [3.63, 3.8) is 0 Å². The van der Waals surface area contributed by atoms with Crippen molar-refractivity contribution in [2.24, 2.45) is 0 Å². The molecule has 4 rings (SSSR count). The third-order valence-electron chi connectivity index (χ3n) is 4.01. The lowest BCUT2D eigenvalue weighted by Crippen LogP contribution is -2.23. The lowest BCUT2D eigenvalue weighted by atomic mass is 10.1. The van der Waals surface area contributed by atoms with Gasteiger partial charge in [0.2, 0.25) is 5.89 Å². The Kier molecular flexibility index (Phi) is 4.10. The van der Waals surface area contributed by atoms with Gasteiger partial charge in [-0.1, -0.05) is 18.2 Å². The summed E-state index contributed by atoms with van der Waals surface area (Å²) in [5.74, 6) is -2.30. The summed E-state index contributed by atoms with van der Waals surface area (Å²) in [5, 5.41) is 6.83. The highest BCUT2D eigenvalue weighted by Crippen LogP contribution is 2.30. The van der Waals surface area contributed by atoms with E-state index in [1.165, 1.54) is 18.5 Å². The van der Waals surface area contributed by atoms with E-state index in [1.54, 1.807) is 24.3 Å². The maximum atomic E-state index is 12.5. The molecule has 3 heterocycles. The van der Waals surface area contributed by atoms with Gasteiger partial charge in [-0.3, -0.25) is 9.59 Å². The molecule has 0 aliphatic carbocycles. The number of fused-ring (bicyclic) bond motifs is 1. The van der Waals surface area contributed by atoms with Gasteiger partial charge in [-0.2, -0.15) is 13.2 Å². The van der Waals surface area contributed by atoms with Gasteiger partial charge in [0.1, 0.15) is 11.8 Å². The molecule has 0 saturated heterocycles. The zero-order valence-electron chi connectivity index (χ0n) is 13.9. The van der Waals surface area contributed by atoms with Crippen molar-refractivity contribution in [2.45, 2.75) is 12.7 Å². The number of halogens is 3. The Bertz CT molecular complexity index is 1240. The van der Waals surface area contributed by atoms with Crippen molar-refractivity contribution in [3.8, 4) is 11.5 Å². The standard InChI is InChI=1S/C18H10F3N3O4/c19-18(20,21)17-23-22-16(28-17)10-5-6-24(15(26)7-10)8-13(25)12-9-27-14-4-2-1-3-11(12)14/h1-7,9H,8H2. The second kappa shape index (κ2) is 6.48. The number of ketones is 1. The van der Waals surface area contributed by atoms with E-state index in [0.717, 1.165) is 10.6 Å². The minimum Gasteiger partial charge on any atom is -0.464 e. The molecule has 3 aromatic heterocycles. The molecule has 0 fully saturated rings. The number of furan rings is 1. The van der Waals surface area contributed by atoms with Gasteiger partial charge in [0.05, 0.1) is 12.1 Å². The van der Waals surface area contributed by atoms with Crippen LogP contribution in [0.4, 0.5) is 13.2 Å². The summed E-state index contributed by atoms with van der Waals surface area (Å²) in [6.07, 6.45) is -2.18. The molecule has 28 heavy (non-hydrogen) atoms. The summed E-state index contributed by atoms with van der Waals surface area (Å²) in [7, 11) is 0. The molecule has 7 nitrogen and oxygen atoms in total. The Hall–Kier alpha value is -3.69. The normalized spacial score (nSPS) is 11.8. The molecule has 0 radical (unpaired) electrons. The molecule has 0 amide bonds. The summed E-state index contributed by atoms with van der Waals surface area (Å²) in [5.41, 5.74) is 0.291. The molecule has 1 aromatic carbocycles. The van der Waals surface area contributed by atoms with E-state index in [0.29, 0.717) is 16.5 Å². The highest BCUT2D eigenvalue weighted by atomic mass is 19.4. The van der Waals surface area contributed by atoms with Gasteiger partial charge in [0, 0.05) is 23.2 Å². The number of Topliss-reactive ketones (excluding diaryl/α,β-unsaturated/α-hetero) is 1. The third kappa shape index (κ3) is 3.20. The molecule has 142 valence electrons. The largest absolute Gasteiger partial charge is 0.470 e. The van der Waals surface area contributed by atoms with Gasteiger partial charge in [-0.05, 0) is 12.1 Å². The highest BCUT2D eigenvalue weighted by Gasteiger charge is 2.38. The fourth-order valence-corrected chi connectivity index (χ4v) is 2.66. The molecule has 10 heteroatoms. The summed E-state index contributed by atoms with van der Waals surface area (Å²) >= 11 is 0. The SMILES string of the molecule is O=C(Cn1ccc(-c2nnc(C(F)(F)F)o2)cc1=O)c1coc2ccccc12. The number of rotatable bonds is 4. The summed E-state index contributed by atoms with van der Waals surface area (Å²) in [4.78, 5) is 24.8. The van der Waals surface area contributed by atoms with Crippen LogP contribution in [0, 0.1) is 0 Å². The number of nitrogens with zero attached hydrogens (tertiary/aromatic N) is 3. The number of hydrogen-bond acceptors (Lipinski definition) is 6. The fourth-order valence-electron chi connectivity index (χ4n) is 2.66. The minimum absolute atomic E-state index is 0.0189. The van der Waals surface area contributed by atoms with Crippen molar-refractivity contribution >= 4 is 16.8 Å². The number of carbonyl (C=O) groups is 1. The van der Waals surface area contributed by atoms with Crippen molar-refractivity contribution in [3.05, 3.63) is 70.7 Å². The zero-order chi connectivity index (χ0) is 19.9. The second-order valence-corrected chi connectivity index (χ2v) is 5.86. The Labute approximate surface area is 154 Å². The van der Waals surface area contributed by atoms with Crippen LogP contribution in [0.2, 0.25) is 0 Å². The van der Waals surface area contributed by atoms with E-state index < -0.39 is 23.5 Å². The first-order valence-electron chi connectivity index (χ1n) is 7.94. The number of hydrogen-bond donors (Lipinski definition) is 0. The molecule has 0 saturated carbocycles. The van der Waals surface area contributed by atoms with Crippen molar-refractivity contribution in [1.82, 2.24) is 14.8 Å².